The van der Waals surface area contributed by atoms with Crippen LogP contribution in [0.25, 0.3) is 11.3 Å². The summed E-state index contributed by atoms with van der Waals surface area (Å²) < 4.78 is 10.8. The number of carbonyl (C=O) groups is 1. The Morgan fingerprint density at radius 2 is 1.88 bits per heavy atom. The van der Waals surface area contributed by atoms with Crippen LogP contribution in [0.5, 0.6) is 11.5 Å². The van der Waals surface area contributed by atoms with E-state index in [0.717, 1.165) is 16.8 Å². The lowest BCUT2D eigenvalue weighted by Crippen LogP contribution is -2.10. The van der Waals surface area contributed by atoms with Gasteiger partial charge in [-0.3, -0.25) is 5.43 Å². The Morgan fingerprint density at radius 1 is 1.06 bits per heavy atom. The number of carbonyl (C=O) groups excluding carboxylic acids is 1. The molecule has 1 heterocycles. The zero-order valence-electron chi connectivity index (χ0n) is 17.3. The summed E-state index contributed by atoms with van der Waals surface area (Å²) >= 11 is 13.4. The van der Waals surface area contributed by atoms with E-state index in [0.29, 0.717) is 15.9 Å². The van der Waals surface area contributed by atoms with Gasteiger partial charge in [-0.2, -0.15) is 5.10 Å². The van der Waals surface area contributed by atoms with Gasteiger partial charge in [0.15, 0.2) is 11.5 Å². The number of hydrogen-bond acceptors (Lipinski definition) is 7. The molecule has 0 aliphatic carbocycles. The number of esters is 1. The van der Waals surface area contributed by atoms with Gasteiger partial charge in [0.05, 0.1) is 29.6 Å². The lowest BCUT2D eigenvalue weighted by molar-refractivity contribution is 0.0730. The van der Waals surface area contributed by atoms with Gasteiger partial charge in [-0.25, -0.2) is 9.78 Å². The van der Waals surface area contributed by atoms with Crippen LogP contribution < -0.4 is 14.9 Å². The first kappa shape index (κ1) is 22.8. The van der Waals surface area contributed by atoms with Crippen molar-refractivity contribution in [2.45, 2.75) is 0 Å². The summed E-state index contributed by atoms with van der Waals surface area (Å²) in [6, 6.07) is 19.5. The number of halogens is 2. The quantitative estimate of drug-likeness (QED) is 0.131. The molecule has 0 saturated heterocycles. The summed E-state index contributed by atoms with van der Waals surface area (Å²) in [5, 5.41) is 7.50. The van der Waals surface area contributed by atoms with Crippen LogP contribution in [0.15, 0.2) is 77.2 Å². The van der Waals surface area contributed by atoms with Crippen LogP contribution in [0.4, 0.5) is 5.13 Å². The predicted octanol–water partition coefficient (Wildman–Crippen LogP) is 6.79. The zero-order chi connectivity index (χ0) is 23.2. The molecule has 0 saturated carbocycles. The molecule has 0 aliphatic heterocycles. The molecule has 0 atom stereocenters. The van der Waals surface area contributed by atoms with Gasteiger partial charge in [-0.1, -0.05) is 53.5 Å². The number of benzene rings is 3. The summed E-state index contributed by atoms with van der Waals surface area (Å²) in [5.41, 5.74) is 5.79. The molecule has 0 bridgehead atoms. The standard InChI is InChI=1S/C24H17Cl2N3O3S/c1-31-22-11-15(7-10-21(22)32-23(30)18-9-8-17(25)12-19(18)26)13-27-29-24-28-20(14-33-24)16-5-3-2-4-6-16/h2-14H,1H3,(H,28,29)/b27-13-. The summed E-state index contributed by atoms with van der Waals surface area (Å²) in [6.07, 6.45) is 1.62. The van der Waals surface area contributed by atoms with E-state index < -0.39 is 5.97 Å². The third-order valence-electron chi connectivity index (χ3n) is 4.49. The van der Waals surface area contributed by atoms with Crippen LogP contribution in [-0.4, -0.2) is 24.3 Å². The molecule has 9 heteroatoms. The molecule has 1 aromatic heterocycles. The number of ether oxygens (including phenoxy) is 2. The SMILES string of the molecule is COc1cc(/C=N\Nc2nc(-c3ccccc3)cs2)ccc1OC(=O)c1ccc(Cl)cc1Cl. The summed E-state index contributed by atoms with van der Waals surface area (Å²) in [4.78, 5) is 17.0. The average molecular weight is 498 g/mol. The predicted molar refractivity (Wildman–Crippen MR) is 133 cm³/mol. The molecular formula is C24H17Cl2N3O3S. The van der Waals surface area contributed by atoms with Gasteiger partial charge in [-0.15, -0.1) is 11.3 Å². The maximum atomic E-state index is 12.5. The van der Waals surface area contributed by atoms with Gasteiger partial charge in [0.25, 0.3) is 0 Å². The van der Waals surface area contributed by atoms with E-state index >= 15 is 0 Å². The molecule has 3 aromatic carbocycles. The Morgan fingerprint density at radius 3 is 2.64 bits per heavy atom. The Hall–Kier alpha value is -3.39. The van der Waals surface area contributed by atoms with Crippen molar-refractivity contribution in [1.82, 2.24) is 4.98 Å². The van der Waals surface area contributed by atoms with E-state index in [9.17, 15) is 4.79 Å². The van der Waals surface area contributed by atoms with Crippen LogP contribution in [0.2, 0.25) is 10.0 Å². The van der Waals surface area contributed by atoms with Crippen LogP contribution in [0, 0.1) is 0 Å². The van der Waals surface area contributed by atoms with Crippen LogP contribution in [0.1, 0.15) is 15.9 Å². The molecular weight excluding hydrogens is 481 g/mol. The minimum Gasteiger partial charge on any atom is -0.493 e. The minimum absolute atomic E-state index is 0.205. The molecule has 0 spiro atoms. The molecule has 0 fully saturated rings. The second kappa shape index (κ2) is 10.5. The Kier molecular flexibility index (Phi) is 7.24. The number of rotatable bonds is 7. The summed E-state index contributed by atoms with van der Waals surface area (Å²) in [5.74, 6) is 0.0140. The second-order valence-corrected chi connectivity index (χ2v) is 8.40. The molecule has 6 nitrogen and oxygen atoms in total. The fourth-order valence-corrected chi connectivity index (χ4v) is 4.04. The number of hydrazone groups is 1. The van der Waals surface area contributed by atoms with Gasteiger partial charge < -0.3 is 9.47 Å². The normalized spacial score (nSPS) is 10.9. The maximum absolute atomic E-state index is 12.5. The zero-order valence-corrected chi connectivity index (χ0v) is 19.6. The number of thiazole rings is 1. The number of methoxy groups -OCH3 is 1. The number of aromatic nitrogens is 1. The van der Waals surface area contributed by atoms with Gasteiger partial charge >= 0.3 is 5.97 Å². The lowest BCUT2D eigenvalue weighted by Gasteiger charge is -2.10. The lowest BCUT2D eigenvalue weighted by atomic mass is 10.2. The molecule has 33 heavy (non-hydrogen) atoms. The van der Waals surface area contributed by atoms with E-state index in [1.54, 1.807) is 30.5 Å². The number of anilines is 1. The monoisotopic (exact) mass is 497 g/mol. The molecule has 4 rings (SSSR count). The number of hydrogen-bond donors (Lipinski definition) is 1. The van der Waals surface area contributed by atoms with E-state index in [2.05, 4.69) is 15.5 Å². The molecule has 0 amide bonds. The topological polar surface area (TPSA) is 72.8 Å². The maximum Gasteiger partial charge on any atom is 0.345 e. The van der Waals surface area contributed by atoms with Crippen LogP contribution >= 0.6 is 34.5 Å². The van der Waals surface area contributed by atoms with E-state index in [-0.39, 0.29) is 16.3 Å². The highest BCUT2D eigenvalue weighted by Crippen LogP contribution is 2.30. The van der Waals surface area contributed by atoms with Crippen molar-refractivity contribution in [3.05, 3.63) is 93.3 Å². The Balaban J connectivity index is 1.43. The molecule has 4 aromatic rings. The molecule has 166 valence electrons. The fraction of sp³-hybridized carbons (Fsp3) is 0.0417. The molecule has 0 unspecified atom stereocenters. The third-order valence-corrected chi connectivity index (χ3v) is 5.78. The largest absolute Gasteiger partial charge is 0.493 e. The van der Waals surface area contributed by atoms with Crippen LogP contribution in [-0.2, 0) is 0 Å². The van der Waals surface area contributed by atoms with Crippen molar-refractivity contribution < 1.29 is 14.3 Å². The van der Waals surface area contributed by atoms with Crippen molar-refractivity contribution >= 4 is 51.9 Å². The number of nitrogens with zero attached hydrogens (tertiary/aromatic N) is 2. The summed E-state index contributed by atoms with van der Waals surface area (Å²) in [7, 11) is 1.49. The molecule has 0 aliphatic rings. The van der Waals surface area contributed by atoms with E-state index in [1.165, 1.54) is 30.6 Å². The van der Waals surface area contributed by atoms with Crippen LogP contribution in [0.3, 0.4) is 0 Å². The van der Waals surface area contributed by atoms with Crippen molar-refractivity contribution in [3.63, 3.8) is 0 Å². The van der Waals surface area contributed by atoms with Crippen molar-refractivity contribution in [2.75, 3.05) is 12.5 Å². The van der Waals surface area contributed by atoms with E-state index in [4.69, 9.17) is 32.7 Å². The molecule has 1 N–H and O–H groups in total. The first-order valence-corrected chi connectivity index (χ1v) is 11.3. The van der Waals surface area contributed by atoms with Gasteiger partial charge in [0.1, 0.15) is 0 Å². The van der Waals surface area contributed by atoms with Crippen molar-refractivity contribution in [3.8, 4) is 22.8 Å². The highest BCUT2D eigenvalue weighted by atomic mass is 35.5. The van der Waals surface area contributed by atoms with E-state index in [1.807, 2.05) is 35.7 Å². The smallest absolute Gasteiger partial charge is 0.345 e. The van der Waals surface area contributed by atoms with Gasteiger partial charge in [-0.05, 0) is 42.0 Å². The fourth-order valence-electron chi connectivity index (χ4n) is 2.89. The highest BCUT2D eigenvalue weighted by Gasteiger charge is 2.16. The minimum atomic E-state index is -0.615. The number of nitrogens with one attached hydrogen (secondary N) is 1. The first-order valence-electron chi connectivity index (χ1n) is 9.69. The first-order chi connectivity index (χ1) is 16.0. The molecule has 0 radical (unpaired) electrons. The van der Waals surface area contributed by atoms with Crippen molar-refractivity contribution in [1.29, 1.82) is 0 Å². The van der Waals surface area contributed by atoms with Crippen molar-refractivity contribution in [2.24, 2.45) is 5.10 Å². The van der Waals surface area contributed by atoms with Gasteiger partial charge in [0, 0.05) is 16.0 Å². The second-order valence-electron chi connectivity index (χ2n) is 6.70. The Labute approximate surface area is 204 Å². The average Bonchev–Trinajstić information content (AvgIpc) is 3.29. The third kappa shape index (κ3) is 5.70. The Bertz CT molecular complexity index is 1310. The van der Waals surface area contributed by atoms with Gasteiger partial charge in [0.2, 0.25) is 5.13 Å². The summed E-state index contributed by atoms with van der Waals surface area (Å²) in [6.45, 7) is 0. The highest BCUT2D eigenvalue weighted by molar-refractivity contribution is 7.14.